The lowest BCUT2D eigenvalue weighted by molar-refractivity contribution is 0.0648. The van der Waals surface area contributed by atoms with Crippen LogP contribution in [0.5, 0.6) is 0 Å². The van der Waals surface area contributed by atoms with Crippen molar-refractivity contribution in [3.63, 3.8) is 0 Å². The second-order valence-electron chi connectivity index (χ2n) is 9.40. The molecular formula is C28H46O4. The Hall–Kier alpha value is -1.84. The Labute approximate surface area is 195 Å². The quantitative estimate of drug-likeness (QED) is 0.209. The van der Waals surface area contributed by atoms with Crippen molar-refractivity contribution >= 4 is 11.9 Å². The van der Waals surface area contributed by atoms with Gasteiger partial charge in [0.1, 0.15) is 0 Å². The van der Waals surface area contributed by atoms with Gasteiger partial charge in [-0.2, -0.15) is 0 Å². The van der Waals surface area contributed by atoms with E-state index >= 15 is 0 Å². The first kappa shape index (κ1) is 28.2. The summed E-state index contributed by atoms with van der Waals surface area (Å²) in [6, 6.07) is 5.04. The Kier molecular flexibility index (Phi) is 14.0. The lowest BCUT2D eigenvalue weighted by Crippen LogP contribution is -2.30. The topological polar surface area (TPSA) is 74.6 Å². The van der Waals surface area contributed by atoms with Crippen LogP contribution in [0.25, 0.3) is 0 Å². The van der Waals surface area contributed by atoms with Crippen LogP contribution in [-0.2, 0) is 5.41 Å². The van der Waals surface area contributed by atoms with Gasteiger partial charge >= 0.3 is 11.9 Å². The third-order valence-corrected chi connectivity index (χ3v) is 6.86. The molecule has 0 heterocycles. The molecule has 32 heavy (non-hydrogen) atoms. The third-order valence-electron chi connectivity index (χ3n) is 6.86. The molecule has 0 atom stereocenters. The fraction of sp³-hybridized carbons (Fsp3) is 0.714. The number of rotatable bonds is 19. The summed E-state index contributed by atoms with van der Waals surface area (Å²) in [7, 11) is 0. The van der Waals surface area contributed by atoms with E-state index in [2.05, 4.69) is 20.8 Å². The van der Waals surface area contributed by atoms with E-state index in [4.69, 9.17) is 0 Å². The molecule has 0 fully saturated rings. The third kappa shape index (κ3) is 8.96. The summed E-state index contributed by atoms with van der Waals surface area (Å²) in [5.74, 6) is -2.28. The van der Waals surface area contributed by atoms with Gasteiger partial charge in [-0.3, -0.25) is 0 Å². The van der Waals surface area contributed by atoms with Crippen molar-refractivity contribution in [2.45, 2.75) is 129 Å². The molecule has 0 spiro atoms. The van der Waals surface area contributed by atoms with E-state index in [0.717, 1.165) is 63.4 Å². The van der Waals surface area contributed by atoms with Crippen molar-refractivity contribution in [1.29, 1.82) is 0 Å². The minimum absolute atomic E-state index is 0.00290. The van der Waals surface area contributed by atoms with Crippen LogP contribution in [0.1, 0.15) is 150 Å². The summed E-state index contributed by atoms with van der Waals surface area (Å²) in [6.45, 7) is 6.56. The Morgan fingerprint density at radius 3 is 1.59 bits per heavy atom. The zero-order valence-electron chi connectivity index (χ0n) is 20.8. The van der Waals surface area contributed by atoms with Gasteiger partial charge in [0.15, 0.2) is 0 Å². The van der Waals surface area contributed by atoms with E-state index in [1.165, 1.54) is 51.0 Å². The lowest BCUT2D eigenvalue weighted by Gasteiger charge is -2.36. The first-order valence-electron chi connectivity index (χ1n) is 13.0. The number of aromatic carboxylic acids is 2. The summed E-state index contributed by atoms with van der Waals surface area (Å²) in [5.41, 5.74) is 0.403. The highest BCUT2D eigenvalue weighted by atomic mass is 16.4. The smallest absolute Gasteiger partial charge is 0.336 e. The maximum absolute atomic E-state index is 12.2. The minimum atomic E-state index is -1.16. The molecule has 1 aromatic carbocycles. The molecule has 1 rings (SSSR count). The second-order valence-corrected chi connectivity index (χ2v) is 9.40. The van der Waals surface area contributed by atoms with Gasteiger partial charge in [-0.25, -0.2) is 9.59 Å². The van der Waals surface area contributed by atoms with Gasteiger partial charge in [-0.15, -0.1) is 0 Å². The molecule has 0 aliphatic carbocycles. The molecule has 4 heteroatoms. The number of hydrogen-bond acceptors (Lipinski definition) is 2. The molecule has 1 aromatic rings. The van der Waals surface area contributed by atoms with E-state index in [1.807, 2.05) is 6.07 Å². The Balaban J connectivity index is 3.05. The van der Waals surface area contributed by atoms with Crippen LogP contribution in [-0.4, -0.2) is 22.2 Å². The highest BCUT2D eigenvalue weighted by molar-refractivity contribution is 6.03. The van der Waals surface area contributed by atoms with Gasteiger partial charge in [0.2, 0.25) is 0 Å². The van der Waals surface area contributed by atoms with Crippen LogP contribution >= 0.6 is 0 Å². The summed E-state index contributed by atoms with van der Waals surface area (Å²) in [5, 5.41) is 19.6. The average Bonchev–Trinajstić information content (AvgIpc) is 2.78. The van der Waals surface area contributed by atoms with E-state index in [0.29, 0.717) is 0 Å². The SMILES string of the molecule is CCCCCCCCCCCC(CCCC)(CCCC)c1cccc(C(=O)O)c1C(=O)O. The van der Waals surface area contributed by atoms with Crippen molar-refractivity contribution in [3.05, 3.63) is 34.9 Å². The molecular weight excluding hydrogens is 400 g/mol. The van der Waals surface area contributed by atoms with Crippen LogP contribution in [0.2, 0.25) is 0 Å². The predicted molar refractivity (Wildman–Crippen MR) is 133 cm³/mol. The standard InChI is InChI=1S/C28H46O4/c1-4-7-10-11-12-13-14-15-16-22-28(20-8-5-2,21-9-6-3)24-19-17-18-23(26(29)30)25(24)27(31)32/h17-19H,4-16,20-22H2,1-3H3,(H,29,30)(H,31,32). The summed E-state index contributed by atoms with van der Waals surface area (Å²) in [4.78, 5) is 24.0. The lowest BCUT2D eigenvalue weighted by atomic mass is 9.67. The number of carboxylic acids is 2. The van der Waals surface area contributed by atoms with Crippen LogP contribution in [0, 0.1) is 0 Å². The number of carbonyl (C=O) groups is 2. The first-order valence-corrected chi connectivity index (χ1v) is 13.0. The number of carboxylic acid groups (broad SMARTS) is 2. The molecule has 0 unspecified atom stereocenters. The number of unbranched alkanes of at least 4 members (excludes halogenated alkanes) is 10. The normalized spacial score (nSPS) is 11.6. The van der Waals surface area contributed by atoms with Crippen molar-refractivity contribution in [2.24, 2.45) is 0 Å². The van der Waals surface area contributed by atoms with Gasteiger partial charge in [-0.05, 0) is 36.3 Å². The van der Waals surface area contributed by atoms with Gasteiger partial charge in [-0.1, -0.05) is 116 Å². The van der Waals surface area contributed by atoms with Crippen molar-refractivity contribution in [1.82, 2.24) is 0 Å². The molecule has 0 aliphatic rings. The molecule has 0 aromatic heterocycles. The maximum atomic E-state index is 12.2. The van der Waals surface area contributed by atoms with E-state index in [-0.39, 0.29) is 16.5 Å². The molecule has 0 bridgehead atoms. The van der Waals surface area contributed by atoms with E-state index in [1.54, 1.807) is 6.07 Å². The molecule has 0 radical (unpaired) electrons. The molecule has 2 N–H and O–H groups in total. The van der Waals surface area contributed by atoms with Gasteiger partial charge in [0, 0.05) is 0 Å². The Morgan fingerprint density at radius 2 is 1.12 bits per heavy atom. The van der Waals surface area contributed by atoms with Crippen LogP contribution in [0.15, 0.2) is 18.2 Å². The average molecular weight is 447 g/mol. The minimum Gasteiger partial charge on any atom is -0.478 e. The fourth-order valence-electron chi connectivity index (χ4n) is 4.99. The number of hydrogen-bond donors (Lipinski definition) is 2. The van der Waals surface area contributed by atoms with Crippen molar-refractivity contribution in [2.75, 3.05) is 0 Å². The Bertz CT molecular complexity index is 672. The zero-order valence-corrected chi connectivity index (χ0v) is 20.8. The molecule has 0 saturated heterocycles. The van der Waals surface area contributed by atoms with Crippen molar-refractivity contribution < 1.29 is 19.8 Å². The highest BCUT2D eigenvalue weighted by Gasteiger charge is 2.36. The van der Waals surface area contributed by atoms with Crippen molar-refractivity contribution in [3.8, 4) is 0 Å². The molecule has 0 aliphatic heterocycles. The number of benzene rings is 1. The van der Waals surface area contributed by atoms with Gasteiger partial charge in [0.25, 0.3) is 0 Å². The predicted octanol–water partition coefficient (Wildman–Crippen LogP) is 8.62. The molecule has 0 amide bonds. The zero-order chi connectivity index (χ0) is 23.8. The second kappa shape index (κ2) is 15.9. The molecule has 4 nitrogen and oxygen atoms in total. The summed E-state index contributed by atoms with van der Waals surface area (Å²) in [6.07, 6.45) is 18.2. The first-order chi connectivity index (χ1) is 15.4. The summed E-state index contributed by atoms with van der Waals surface area (Å²) < 4.78 is 0. The van der Waals surface area contributed by atoms with Gasteiger partial charge in [0.05, 0.1) is 11.1 Å². The largest absolute Gasteiger partial charge is 0.478 e. The monoisotopic (exact) mass is 446 g/mol. The van der Waals surface area contributed by atoms with E-state index < -0.39 is 11.9 Å². The fourth-order valence-corrected chi connectivity index (χ4v) is 4.99. The highest BCUT2D eigenvalue weighted by Crippen LogP contribution is 2.42. The summed E-state index contributed by atoms with van der Waals surface area (Å²) >= 11 is 0. The van der Waals surface area contributed by atoms with Crippen LogP contribution in [0.3, 0.4) is 0 Å². The Morgan fingerprint density at radius 1 is 0.656 bits per heavy atom. The van der Waals surface area contributed by atoms with Crippen LogP contribution < -0.4 is 0 Å². The molecule has 0 saturated carbocycles. The van der Waals surface area contributed by atoms with Crippen LogP contribution in [0.4, 0.5) is 0 Å². The van der Waals surface area contributed by atoms with Gasteiger partial charge < -0.3 is 10.2 Å². The van der Waals surface area contributed by atoms with E-state index in [9.17, 15) is 19.8 Å². The molecule has 182 valence electrons. The maximum Gasteiger partial charge on any atom is 0.336 e.